The fraction of sp³-hybridized carbons (Fsp3) is 0.364. The van der Waals surface area contributed by atoms with Crippen molar-refractivity contribution < 1.29 is 9.90 Å². The number of hydrogen-bond acceptors (Lipinski definition) is 2. The monoisotopic (exact) mass is 208 g/mol. The van der Waals surface area contributed by atoms with Gasteiger partial charge in [0.1, 0.15) is 0 Å². The van der Waals surface area contributed by atoms with E-state index in [9.17, 15) is 4.79 Å². The summed E-state index contributed by atoms with van der Waals surface area (Å²) in [5.41, 5.74) is 1.75. The van der Waals surface area contributed by atoms with Crippen molar-refractivity contribution >= 4 is 18.6 Å². The van der Waals surface area contributed by atoms with Gasteiger partial charge in [-0.1, -0.05) is 13.0 Å². The molecular formula is C11H12O2S. The third-order valence-corrected chi connectivity index (χ3v) is 3.30. The van der Waals surface area contributed by atoms with E-state index in [1.807, 2.05) is 12.1 Å². The van der Waals surface area contributed by atoms with Gasteiger partial charge < -0.3 is 5.11 Å². The number of rotatable bonds is 2. The van der Waals surface area contributed by atoms with Crippen LogP contribution < -0.4 is 0 Å². The van der Waals surface area contributed by atoms with E-state index in [0.29, 0.717) is 4.90 Å². The molecule has 1 aromatic carbocycles. The van der Waals surface area contributed by atoms with Gasteiger partial charge in [0.2, 0.25) is 0 Å². The van der Waals surface area contributed by atoms with Gasteiger partial charge in [0, 0.05) is 4.90 Å². The minimum Gasteiger partial charge on any atom is -0.478 e. The first-order chi connectivity index (χ1) is 6.53. The summed E-state index contributed by atoms with van der Waals surface area (Å²) in [4.78, 5) is 11.3. The highest BCUT2D eigenvalue weighted by Gasteiger charge is 2.39. The van der Waals surface area contributed by atoms with Crippen LogP contribution in [0.3, 0.4) is 0 Å². The molecule has 0 saturated heterocycles. The molecule has 1 aliphatic carbocycles. The molecule has 1 aromatic rings. The molecule has 0 amide bonds. The largest absolute Gasteiger partial charge is 0.478 e. The van der Waals surface area contributed by atoms with Gasteiger partial charge >= 0.3 is 5.97 Å². The summed E-state index contributed by atoms with van der Waals surface area (Å²) in [5, 5.41) is 8.83. The van der Waals surface area contributed by atoms with E-state index in [4.69, 9.17) is 5.11 Å². The molecule has 14 heavy (non-hydrogen) atoms. The zero-order chi connectivity index (χ0) is 10.3. The summed E-state index contributed by atoms with van der Waals surface area (Å²) >= 11 is 4.19. The van der Waals surface area contributed by atoms with Crippen molar-refractivity contribution in [2.45, 2.75) is 30.1 Å². The lowest BCUT2D eigenvalue weighted by Crippen LogP contribution is -2.03. The average Bonchev–Trinajstić information content (AvgIpc) is 2.84. The maximum Gasteiger partial charge on any atom is 0.336 e. The molecule has 3 heteroatoms. The topological polar surface area (TPSA) is 37.3 Å². The van der Waals surface area contributed by atoms with Crippen molar-refractivity contribution in [3.05, 3.63) is 29.3 Å². The van der Waals surface area contributed by atoms with Crippen LogP contribution in [0.1, 0.15) is 35.7 Å². The third-order valence-electron chi connectivity index (χ3n) is 2.93. The molecule has 1 saturated carbocycles. The van der Waals surface area contributed by atoms with Crippen molar-refractivity contribution in [1.82, 2.24) is 0 Å². The van der Waals surface area contributed by atoms with Gasteiger partial charge in [0.15, 0.2) is 0 Å². The Morgan fingerprint density at radius 3 is 2.57 bits per heavy atom. The molecule has 1 N–H and O–H groups in total. The highest BCUT2D eigenvalue weighted by Crippen LogP contribution is 2.48. The van der Waals surface area contributed by atoms with E-state index < -0.39 is 5.97 Å². The molecule has 2 rings (SSSR count). The molecule has 0 atom stereocenters. The smallest absolute Gasteiger partial charge is 0.336 e. The van der Waals surface area contributed by atoms with Gasteiger partial charge in [-0.15, -0.1) is 12.6 Å². The SMILES string of the molecule is CC1(c2ccc(C(=O)O)c(S)c2)CC1. The highest BCUT2D eigenvalue weighted by atomic mass is 32.1. The molecule has 0 unspecified atom stereocenters. The zero-order valence-electron chi connectivity index (χ0n) is 7.95. The minimum absolute atomic E-state index is 0.272. The van der Waals surface area contributed by atoms with E-state index in [-0.39, 0.29) is 11.0 Å². The predicted molar refractivity (Wildman–Crippen MR) is 57.2 cm³/mol. The average molecular weight is 208 g/mol. The Labute approximate surface area is 88.4 Å². The second-order valence-corrected chi connectivity index (χ2v) is 4.58. The van der Waals surface area contributed by atoms with Crippen molar-refractivity contribution in [3.8, 4) is 0 Å². The van der Waals surface area contributed by atoms with Gasteiger partial charge in [-0.2, -0.15) is 0 Å². The number of carbonyl (C=O) groups is 1. The number of benzene rings is 1. The maximum absolute atomic E-state index is 10.7. The van der Waals surface area contributed by atoms with E-state index >= 15 is 0 Å². The Bertz CT molecular complexity index is 394. The molecule has 74 valence electrons. The number of aromatic carboxylic acids is 1. The maximum atomic E-state index is 10.7. The van der Waals surface area contributed by atoms with Crippen LogP contribution in [0.5, 0.6) is 0 Å². The molecule has 2 nitrogen and oxygen atoms in total. The fourth-order valence-corrected chi connectivity index (χ4v) is 1.87. The normalized spacial score (nSPS) is 17.9. The van der Waals surface area contributed by atoms with Crippen LogP contribution in [-0.2, 0) is 5.41 Å². The van der Waals surface area contributed by atoms with E-state index in [1.165, 1.54) is 18.4 Å². The third kappa shape index (κ3) is 1.52. The van der Waals surface area contributed by atoms with E-state index in [0.717, 1.165) is 0 Å². The van der Waals surface area contributed by atoms with E-state index in [2.05, 4.69) is 19.6 Å². The number of carboxylic acids is 1. The molecular weight excluding hydrogens is 196 g/mol. The van der Waals surface area contributed by atoms with Crippen LogP contribution in [0.25, 0.3) is 0 Å². The van der Waals surface area contributed by atoms with Gasteiger partial charge in [-0.05, 0) is 36.0 Å². The van der Waals surface area contributed by atoms with Crippen molar-refractivity contribution in [3.63, 3.8) is 0 Å². The van der Waals surface area contributed by atoms with Crippen molar-refractivity contribution in [2.75, 3.05) is 0 Å². The number of hydrogen-bond donors (Lipinski definition) is 2. The Balaban J connectivity index is 2.40. The lowest BCUT2D eigenvalue weighted by molar-refractivity contribution is 0.0693. The summed E-state index contributed by atoms with van der Waals surface area (Å²) in [6.45, 7) is 2.19. The molecule has 1 aliphatic rings. The fourth-order valence-electron chi connectivity index (χ4n) is 1.56. The highest BCUT2D eigenvalue weighted by molar-refractivity contribution is 7.80. The van der Waals surface area contributed by atoms with Crippen LogP contribution in [0.4, 0.5) is 0 Å². The predicted octanol–water partition coefficient (Wildman–Crippen LogP) is 2.73. The summed E-state index contributed by atoms with van der Waals surface area (Å²) in [6, 6.07) is 5.42. The molecule has 0 aromatic heterocycles. The minimum atomic E-state index is -0.914. The zero-order valence-corrected chi connectivity index (χ0v) is 8.84. The molecule has 1 fully saturated rings. The lowest BCUT2D eigenvalue weighted by Gasteiger charge is -2.10. The first-order valence-electron chi connectivity index (χ1n) is 4.60. The first-order valence-corrected chi connectivity index (χ1v) is 5.04. The summed E-state index contributed by atoms with van der Waals surface area (Å²) < 4.78 is 0. The molecule has 0 heterocycles. The number of thiol groups is 1. The van der Waals surface area contributed by atoms with E-state index in [1.54, 1.807) is 6.07 Å². The van der Waals surface area contributed by atoms with Crippen LogP contribution in [0.2, 0.25) is 0 Å². The Morgan fingerprint density at radius 2 is 2.14 bits per heavy atom. The Kier molecular flexibility index (Phi) is 2.07. The van der Waals surface area contributed by atoms with Crippen LogP contribution in [0.15, 0.2) is 23.1 Å². The Morgan fingerprint density at radius 1 is 1.50 bits per heavy atom. The number of carboxylic acid groups (broad SMARTS) is 1. The van der Waals surface area contributed by atoms with Gasteiger partial charge in [0.25, 0.3) is 0 Å². The second kappa shape index (κ2) is 3.02. The van der Waals surface area contributed by atoms with Crippen LogP contribution in [0, 0.1) is 0 Å². The summed E-state index contributed by atoms with van der Waals surface area (Å²) in [6.07, 6.45) is 2.37. The Hall–Kier alpha value is -0.960. The molecule has 0 spiro atoms. The van der Waals surface area contributed by atoms with Crippen LogP contribution >= 0.6 is 12.6 Å². The molecule has 0 bridgehead atoms. The van der Waals surface area contributed by atoms with Gasteiger partial charge in [-0.3, -0.25) is 0 Å². The van der Waals surface area contributed by atoms with Crippen LogP contribution in [-0.4, -0.2) is 11.1 Å². The quantitative estimate of drug-likeness (QED) is 0.733. The second-order valence-electron chi connectivity index (χ2n) is 4.10. The summed E-state index contributed by atoms with van der Waals surface area (Å²) in [7, 11) is 0. The van der Waals surface area contributed by atoms with Gasteiger partial charge in [0.05, 0.1) is 5.56 Å². The first kappa shape index (κ1) is 9.59. The summed E-state index contributed by atoms with van der Waals surface area (Å²) in [5.74, 6) is -0.914. The van der Waals surface area contributed by atoms with Crippen molar-refractivity contribution in [1.29, 1.82) is 0 Å². The van der Waals surface area contributed by atoms with Crippen molar-refractivity contribution in [2.24, 2.45) is 0 Å². The molecule has 0 aliphatic heterocycles. The van der Waals surface area contributed by atoms with Gasteiger partial charge in [-0.25, -0.2) is 4.79 Å². The molecule has 0 radical (unpaired) electrons. The standard InChI is InChI=1S/C11H12O2S/c1-11(4-5-11)7-2-3-8(10(12)13)9(14)6-7/h2-3,6,14H,4-5H2,1H3,(H,12,13). The lowest BCUT2D eigenvalue weighted by atomic mass is 9.97.